The van der Waals surface area contributed by atoms with E-state index in [1.807, 2.05) is 20.8 Å². The van der Waals surface area contributed by atoms with Crippen molar-refractivity contribution in [2.75, 3.05) is 31.3 Å². The average Bonchev–Trinajstić information content (AvgIpc) is 3.54. The summed E-state index contributed by atoms with van der Waals surface area (Å²) in [6.07, 6.45) is 3.07. The number of anilines is 1. The molecule has 0 bridgehead atoms. The summed E-state index contributed by atoms with van der Waals surface area (Å²) in [6, 6.07) is 10.6. The summed E-state index contributed by atoms with van der Waals surface area (Å²) < 4.78 is 22.5. The van der Waals surface area contributed by atoms with Gasteiger partial charge in [-0.25, -0.2) is 9.78 Å². The van der Waals surface area contributed by atoms with Crippen LogP contribution in [0, 0.1) is 6.92 Å². The molecule has 2 aromatic carbocycles. The van der Waals surface area contributed by atoms with Crippen LogP contribution in [-0.4, -0.2) is 54.2 Å². The molecule has 1 fully saturated rings. The van der Waals surface area contributed by atoms with Crippen molar-refractivity contribution in [3.8, 4) is 17.2 Å². The first kappa shape index (κ1) is 32.3. The first-order valence-electron chi connectivity index (χ1n) is 14.4. The predicted octanol–water partition coefficient (Wildman–Crippen LogP) is 6.40. The van der Waals surface area contributed by atoms with Crippen LogP contribution in [0.2, 0.25) is 0 Å². The molecule has 0 radical (unpaired) electrons. The third-order valence-electron chi connectivity index (χ3n) is 6.60. The molecule has 1 amide bonds. The monoisotopic (exact) mass is 620 g/mol. The molecule has 11 heteroatoms. The van der Waals surface area contributed by atoms with Crippen molar-refractivity contribution in [3.05, 3.63) is 82.4 Å². The molecule has 0 aliphatic carbocycles. The number of hydrogen-bond donors (Lipinski definition) is 1. The number of nitrogens with zero attached hydrogens (tertiary/aromatic N) is 2. The smallest absolute Gasteiger partial charge is 0.350 e. The van der Waals surface area contributed by atoms with Gasteiger partial charge < -0.3 is 24.1 Å². The number of Topliss-reactive ketones (excluding diaryl/α,β-unsaturated/α-hetero) is 1. The lowest BCUT2D eigenvalue weighted by Gasteiger charge is -2.24. The third kappa shape index (κ3) is 6.78. The third-order valence-corrected chi connectivity index (χ3v) is 7.74. The normalized spacial score (nSPS) is 15.7. The van der Waals surface area contributed by atoms with Crippen LogP contribution >= 0.6 is 11.3 Å². The van der Waals surface area contributed by atoms with E-state index in [-0.39, 0.29) is 27.9 Å². The van der Waals surface area contributed by atoms with Gasteiger partial charge in [-0.2, -0.15) is 0 Å². The van der Waals surface area contributed by atoms with Crippen LogP contribution in [0.25, 0.3) is 5.76 Å². The molecule has 44 heavy (non-hydrogen) atoms. The quantitative estimate of drug-likeness (QED) is 0.0717. The zero-order valence-corrected chi connectivity index (χ0v) is 26.1. The van der Waals surface area contributed by atoms with Gasteiger partial charge in [0.2, 0.25) is 0 Å². The molecule has 1 N–H and O–H groups in total. The van der Waals surface area contributed by atoms with E-state index in [1.54, 1.807) is 49.4 Å². The Balaban J connectivity index is 1.88. The van der Waals surface area contributed by atoms with Crippen molar-refractivity contribution < 1.29 is 38.4 Å². The number of ether oxygens (including phenoxy) is 4. The fourth-order valence-electron chi connectivity index (χ4n) is 4.60. The molecule has 232 valence electrons. The highest BCUT2D eigenvalue weighted by Crippen LogP contribution is 2.45. The standard InChI is InChI=1S/C33H36N2O8S/c1-6-16-41-23-13-10-21(11-14-23)28(36)26-27(22-12-15-24(42-17-7-2)25(19-22)40-9-4)35(31(38)29(26)37)33-34-20(5)30(44-33)32(39)43-18-8-3/h8,10-15,19,27,36H,3,6-7,9,16-18H2,1-2,4-5H3/b28-26+. The van der Waals surface area contributed by atoms with E-state index >= 15 is 0 Å². The molecule has 0 spiro atoms. The van der Waals surface area contributed by atoms with Crippen LogP contribution in [0.1, 0.15) is 66.1 Å². The number of carbonyl (C=O) groups excluding carboxylic acids is 3. The molecule has 0 saturated carbocycles. The van der Waals surface area contributed by atoms with Gasteiger partial charge >= 0.3 is 11.9 Å². The number of hydrogen-bond acceptors (Lipinski definition) is 10. The number of thiazole rings is 1. The Morgan fingerprint density at radius 1 is 1.02 bits per heavy atom. The van der Waals surface area contributed by atoms with Gasteiger partial charge in [0.25, 0.3) is 5.78 Å². The molecule has 1 aliphatic heterocycles. The Labute approximate surface area is 260 Å². The van der Waals surface area contributed by atoms with Crippen LogP contribution < -0.4 is 19.1 Å². The Hall–Kier alpha value is -4.64. The molecule has 4 rings (SSSR count). The lowest BCUT2D eigenvalue weighted by atomic mass is 9.95. The van der Waals surface area contributed by atoms with Gasteiger partial charge in [-0.3, -0.25) is 14.5 Å². The largest absolute Gasteiger partial charge is 0.507 e. The average molecular weight is 621 g/mol. The zero-order chi connectivity index (χ0) is 31.8. The summed E-state index contributed by atoms with van der Waals surface area (Å²) in [5.74, 6) is -1.24. The number of esters is 1. The van der Waals surface area contributed by atoms with Gasteiger partial charge in [-0.1, -0.05) is 43.9 Å². The summed E-state index contributed by atoms with van der Waals surface area (Å²) in [7, 11) is 0. The van der Waals surface area contributed by atoms with Crippen molar-refractivity contribution in [1.29, 1.82) is 0 Å². The van der Waals surface area contributed by atoms with Crippen molar-refractivity contribution in [1.82, 2.24) is 4.98 Å². The van der Waals surface area contributed by atoms with E-state index in [0.717, 1.165) is 24.2 Å². The van der Waals surface area contributed by atoms with Crippen LogP contribution in [0.3, 0.4) is 0 Å². The molecular formula is C33H36N2O8S. The highest BCUT2D eigenvalue weighted by atomic mass is 32.1. The Morgan fingerprint density at radius 3 is 2.39 bits per heavy atom. The number of amides is 1. The molecule has 1 aromatic heterocycles. The number of aliphatic hydroxyl groups excluding tert-OH is 1. The molecule has 1 unspecified atom stereocenters. The topological polar surface area (TPSA) is 124 Å². The van der Waals surface area contributed by atoms with Crippen molar-refractivity contribution in [3.63, 3.8) is 0 Å². The second-order valence-corrected chi connectivity index (χ2v) is 10.8. The van der Waals surface area contributed by atoms with Crippen molar-refractivity contribution in [2.24, 2.45) is 0 Å². The molecule has 1 aliphatic rings. The maximum absolute atomic E-state index is 13.7. The summed E-state index contributed by atoms with van der Waals surface area (Å²) in [6.45, 7) is 12.3. The number of rotatable bonds is 14. The number of carbonyl (C=O) groups is 3. The molecule has 1 saturated heterocycles. The van der Waals surface area contributed by atoms with Gasteiger partial charge in [-0.15, -0.1) is 0 Å². The predicted molar refractivity (Wildman–Crippen MR) is 168 cm³/mol. The van der Waals surface area contributed by atoms with Crippen LogP contribution in [0.5, 0.6) is 17.2 Å². The maximum atomic E-state index is 13.7. The Bertz CT molecular complexity index is 1560. The lowest BCUT2D eigenvalue weighted by molar-refractivity contribution is -0.132. The van der Waals surface area contributed by atoms with Crippen LogP contribution in [-0.2, 0) is 14.3 Å². The Morgan fingerprint density at radius 2 is 1.73 bits per heavy atom. The van der Waals surface area contributed by atoms with E-state index in [0.29, 0.717) is 53.9 Å². The van der Waals surface area contributed by atoms with Crippen molar-refractivity contribution in [2.45, 2.75) is 46.6 Å². The van der Waals surface area contributed by atoms with E-state index in [4.69, 9.17) is 18.9 Å². The highest BCUT2D eigenvalue weighted by Gasteiger charge is 2.48. The van der Waals surface area contributed by atoms with Gasteiger partial charge in [0.15, 0.2) is 16.6 Å². The number of benzene rings is 2. The summed E-state index contributed by atoms with van der Waals surface area (Å²) >= 11 is 0.924. The van der Waals surface area contributed by atoms with Crippen LogP contribution in [0.4, 0.5) is 5.13 Å². The highest BCUT2D eigenvalue weighted by molar-refractivity contribution is 7.17. The SMILES string of the molecule is C=CCOC(=O)c1sc(N2C(=O)C(=O)/C(=C(/O)c3ccc(OCCC)cc3)C2c2ccc(OCCC)c(OCC)c2)nc1C. The Kier molecular flexibility index (Phi) is 10.8. The maximum Gasteiger partial charge on any atom is 0.350 e. The zero-order valence-electron chi connectivity index (χ0n) is 25.3. The fourth-order valence-corrected chi connectivity index (χ4v) is 5.59. The molecule has 3 aromatic rings. The first-order valence-corrected chi connectivity index (χ1v) is 15.3. The number of ketones is 1. The molecule has 2 heterocycles. The first-order chi connectivity index (χ1) is 21.2. The summed E-state index contributed by atoms with van der Waals surface area (Å²) in [5.41, 5.74) is 1.00. The molecular weight excluding hydrogens is 584 g/mol. The minimum atomic E-state index is -1.09. The number of aryl methyl sites for hydroxylation is 1. The van der Waals surface area contributed by atoms with Crippen molar-refractivity contribution >= 4 is 39.9 Å². The fraction of sp³-hybridized carbons (Fsp3) is 0.333. The lowest BCUT2D eigenvalue weighted by Crippen LogP contribution is -2.29. The van der Waals surface area contributed by atoms with Gasteiger partial charge in [0, 0.05) is 5.56 Å². The second-order valence-electron chi connectivity index (χ2n) is 9.83. The van der Waals surface area contributed by atoms with E-state index in [9.17, 15) is 19.5 Å². The van der Waals surface area contributed by atoms with E-state index in [2.05, 4.69) is 11.6 Å². The minimum absolute atomic E-state index is 0.00491. The van der Waals surface area contributed by atoms with E-state index < -0.39 is 23.7 Å². The summed E-state index contributed by atoms with van der Waals surface area (Å²) in [5, 5.41) is 11.6. The summed E-state index contributed by atoms with van der Waals surface area (Å²) in [4.78, 5) is 45.9. The minimum Gasteiger partial charge on any atom is -0.507 e. The molecule has 1 atom stereocenters. The van der Waals surface area contributed by atoms with Gasteiger partial charge in [0.1, 0.15) is 23.0 Å². The van der Waals surface area contributed by atoms with Gasteiger partial charge in [-0.05, 0) is 68.7 Å². The second kappa shape index (κ2) is 14.7. The number of aromatic nitrogens is 1. The van der Waals surface area contributed by atoms with Crippen LogP contribution in [0.15, 0.2) is 60.7 Å². The molecule has 10 nitrogen and oxygen atoms in total. The van der Waals surface area contributed by atoms with E-state index in [1.165, 1.54) is 11.0 Å². The van der Waals surface area contributed by atoms with Gasteiger partial charge in [0.05, 0.1) is 37.1 Å². The number of aliphatic hydroxyl groups is 1.